The first-order chi connectivity index (χ1) is 9.63. The zero-order chi connectivity index (χ0) is 14.1. The summed E-state index contributed by atoms with van der Waals surface area (Å²) in [5.74, 6) is -0.00714. The molecule has 0 spiro atoms. The minimum atomic E-state index is -0.969. The lowest BCUT2D eigenvalue weighted by Crippen LogP contribution is -2.04. The van der Waals surface area contributed by atoms with E-state index in [0.29, 0.717) is 11.5 Å². The van der Waals surface area contributed by atoms with Gasteiger partial charge in [0.25, 0.3) is 0 Å². The molecule has 0 radical (unpaired) electrons. The molecule has 2 aromatic carbocycles. The van der Waals surface area contributed by atoms with E-state index < -0.39 is 11.9 Å². The Labute approximate surface area is 115 Å². The summed E-state index contributed by atoms with van der Waals surface area (Å²) in [6.07, 6.45) is -0.821. The largest absolute Gasteiger partial charge is 0.441 e. The molecule has 0 saturated carbocycles. The molecule has 0 fully saturated rings. The van der Waals surface area contributed by atoms with Gasteiger partial charge >= 0.3 is 0 Å². The van der Waals surface area contributed by atoms with Crippen molar-refractivity contribution in [2.24, 2.45) is 0 Å². The number of hydrogen-bond donors (Lipinski definition) is 1. The second kappa shape index (κ2) is 5.06. The van der Waals surface area contributed by atoms with Crippen LogP contribution in [0.5, 0.6) is 0 Å². The normalized spacial score (nSPS) is 12.8. The molecule has 0 bridgehead atoms. The molecule has 3 nitrogen and oxygen atoms in total. The Balaban J connectivity index is 1.86. The summed E-state index contributed by atoms with van der Waals surface area (Å²) < 4.78 is 19.3. The van der Waals surface area contributed by atoms with Gasteiger partial charge in [0, 0.05) is 5.56 Å². The van der Waals surface area contributed by atoms with Gasteiger partial charge in [-0.2, -0.15) is 0 Å². The van der Waals surface area contributed by atoms with Crippen LogP contribution in [0.3, 0.4) is 0 Å². The first kappa shape index (κ1) is 12.8. The van der Waals surface area contributed by atoms with E-state index in [1.807, 2.05) is 24.3 Å². The number of oxazole rings is 1. The summed E-state index contributed by atoms with van der Waals surface area (Å²) in [5, 5.41) is 10.1. The van der Waals surface area contributed by atoms with Crippen molar-refractivity contribution < 1.29 is 13.9 Å². The molecule has 1 heterocycles. The van der Waals surface area contributed by atoms with Gasteiger partial charge in [-0.1, -0.05) is 24.3 Å². The molecule has 1 aromatic heterocycles. The van der Waals surface area contributed by atoms with Crippen molar-refractivity contribution in [2.45, 2.75) is 19.4 Å². The molecule has 0 aliphatic heterocycles. The van der Waals surface area contributed by atoms with Crippen molar-refractivity contribution in [1.29, 1.82) is 0 Å². The van der Waals surface area contributed by atoms with Crippen molar-refractivity contribution in [3.8, 4) is 0 Å². The second-order valence-electron chi connectivity index (χ2n) is 4.82. The number of nitrogens with zero attached hydrogens (tertiary/aromatic N) is 1. The van der Waals surface area contributed by atoms with Crippen LogP contribution in [0.1, 0.15) is 23.1 Å². The van der Waals surface area contributed by atoms with E-state index in [4.69, 9.17) is 4.42 Å². The van der Waals surface area contributed by atoms with Crippen LogP contribution in [0, 0.1) is 12.7 Å². The number of rotatable bonds is 3. The van der Waals surface area contributed by atoms with E-state index in [1.54, 1.807) is 19.1 Å². The zero-order valence-electron chi connectivity index (χ0n) is 11.0. The molecule has 0 amide bonds. The van der Waals surface area contributed by atoms with Crippen LogP contribution in [0.25, 0.3) is 11.1 Å². The lowest BCUT2D eigenvalue weighted by atomic mass is 10.0. The molecule has 3 aromatic rings. The monoisotopic (exact) mass is 271 g/mol. The smallest absolute Gasteiger partial charge is 0.198 e. The van der Waals surface area contributed by atoms with Gasteiger partial charge in [-0.25, -0.2) is 9.37 Å². The van der Waals surface area contributed by atoms with Gasteiger partial charge in [-0.05, 0) is 30.7 Å². The zero-order valence-corrected chi connectivity index (χ0v) is 11.0. The Morgan fingerprint density at radius 3 is 2.80 bits per heavy atom. The minimum Gasteiger partial charge on any atom is -0.441 e. The molecule has 0 aliphatic carbocycles. The average molecular weight is 271 g/mol. The highest BCUT2D eigenvalue weighted by Gasteiger charge is 2.16. The number of aromatic nitrogens is 1. The fourth-order valence-electron chi connectivity index (χ4n) is 2.19. The quantitative estimate of drug-likeness (QED) is 0.792. The minimum absolute atomic E-state index is 0.147. The number of aliphatic hydroxyl groups excluding tert-OH is 1. The predicted octanol–water partition coefficient (Wildman–Crippen LogP) is 3.55. The molecule has 1 atom stereocenters. The molecular formula is C16H14FNO2. The number of hydrogen-bond acceptors (Lipinski definition) is 3. The fourth-order valence-corrected chi connectivity index (χ4v) is 2.19. The summed E-state index contributed by atoms with van der Waals surface area (Å²) in [7, 11) is 0. The van der Waals surface area contributed by atoms with E-state index in [-0.39, 0.29) is 12.0 Å². The number of benzene rings is 2. The third-order valence-electron chi connectivity index (χ3n) is 3.22. The first-order valence-corrected chi connectivity index (χ1v) is 6.42. The van der Waals surface area contributed by atoms with E-state index >= 15 is 0 Å². The highest BCUT2D eigenvalue weighted by atomic mass is 19.1. The number of aliphatic hydroxyl groups is 1. The van der Waals surface area contributed by atoms with E-state index in [1.165, 1.54) is 6.07 Å². The van der Waals surface area contributed by atoms with Crippen LogP contribution in [-0.2, 0) is 6.42 Å². The molecule has 4 heteroatoms. The average Bonchev–Trinajstić information content (AvgIpc) is 2.80. The summed E-state index contributed by atoms with van der Waals surface area (Å²) in [4.78, 5) is 4.28. The molecule has 20 heavy (non-hydrogen) atoms. The van der Waals surface area contributed by atoms with Crippen LogP contribution in [0.4, 0.5) is 4.39 Å². The molecule has 1 unspecified atom stereocenters. The Morgan fingerprint density at radius 2 is 2.05 bits per heavy atom. The number of fused-ring (bicyclic) bond motifs is 1. The molecule has 3 rings (SSSR count). The third-order valence-corrected chi connectivity index (χ3v) is 3.22. The molecule has 0 saturated heterocycles. The highest BCUT2D eigenvalue weighted by Crippen LogP contribution is 2.23. The Hall–Kier alpha value is -2.20. The van der Waals surface area contributed by atoms with Crippen LogP contribution >= 0.6 is 0 Å². The van der Waals surface area contributed by atoms with Crippen molar-refractivity contribution in [1.82, 2.24) is 4.98 Å². The van der Waals surface area contributed by atoms with Crippen molar-refractivity contribution in [3.05, 3.63) is 65.3 Å². The van der Waals surface area contributed by atoms with Gasteiger partial charge in [0.15, 0.2) is 11.5 Å². The molecular weight excluding hydrogens is 257 g/mol. The molecule has 0 aliphatic rings. The Kier molecular flexibility index (Phi) is 3.24. The molecule has 1 N–H and O–H groups in total. The van der Waals surface area contributed by atoms with Gasteiger partial charge in [-0.15, -0.1) is 0 Å². The van der Waals surface area contributed by atoms with Crippen molar-refractivity contribution in [2.75, 3.05) is 0 Å². The van der Waals surface area contributed by atoms with Gasteiger partial charge < -0.3 is 9.52 Å². The topological polar surface area (TPSA) is 46.3 Å². The maximum atomic E-state index is 13.8. The number of halogens is 1. The molecule has 102 valence electrons. The van der Waals surface area contributed by atoms with E-state index in [2.05, 4.69) is 4.98 Å². The maximum Gasteiger partial charge on any atom is 0.198 e. The SMILES string of the molecule is Cc1ccc(C(O)Cc2nc3ccccc3o2)c(F)c1. The standard InChI is InChI=1S/C16H14FNO2/c1-10-6-7-11(12(17)8-10)14(19)9-16-18-13-4-2-3-5-15(13)20-16/h2-8,14,19H,9H2,1H3. The summed E-state index contributed by atoms with van der Waals surface area (Å²) in [6.45, 7) is 1.81. The summed E-state index contributed by atoms with van der Waals surface area (Å²) in [5.41, 5.74) is 2.48. The van der Waals surface area contributed by atoms with Crippen LogP contribution in [-0.4, -0.2) is 10.1 Å². The third kappa shape index (κ3) is 2.42. The van der Waals surface area contributed by atoms with Crippen LogP contribution < -0.4 is 0 Å². The van der Waals surface area contributed by atoms with Crippen LogP contribution in [0.2, 0.25) is 0 Å². The highest BCUT2D eigenvalue weighted by molar-refractivity contribution is 5.72. The van der Waals surface area contributed by atoms with Gasteiger partial charge in [0.1, 0.15) is 11.3 Å². The number of para-hydroxylation sites is 2. The van der Waals surface area contributed by atoms with E-state index in [9.17, 15) is 9.50 Å². The first-order valence-electron chi connectivity index (χ1n) is 6.42. The Bertz CT molecular complexity index is 718. The lowest BCUT2D eigenvalue weighted by Gasteiger charge is -2.10. The number of aryl methyl sites for hydroxylation is 1. The summed E-state index contributed by atoms with van der Waals surface area (Å²) >= 11 is 0. The maximum absolute atomic E-state index is 13.8. The predicted molar refractivity (Wildman–Crippen MR) is 73.8 cm³/mol. The van der Waals surface area contributed by atoms with Gasteiger partial charge in [0.2, 0.25) is 0 Å². The van der Waals surface area contributed by atoms with Crippen molar-refractivity contribution in [3.63, 3.8) is 0 Å². The van der Waals surface area contributed by atoms with Gasteiger partial charge in [-0.3, -0.25) is 0 Å². The Morgan fingerprint density at radius 1 is 1.25 bits per heavy atom. The van der Waals surface area contributed by atoms with Crippen molar-refractivity contribution >= 4 is 11.1 Å². The van der Waals surface area contributed by atoms with E-state index in [0.717, 1.165) is 11.1 Å². The second-order valence-corrected chi connectivity index (χ2v) is 4.82. The fraction of sp³-hybridized carbons (Fsp3) is 0.188. The lowest BCUT2D eigenvalue weighted by molar-refractivity contribution is 0.165. The van der Waals surface area contributed by atoms with Crippen LogP contribution in [0.15, 0.2) is 46.9 Å². The van der Waals surface area contributed by atoms with Gasteiger partial charge in [0.05, 0.1) is 12.5 Å². The summed E-state index contributed by atoms with van der Waals surface area (Å²) in [6, 6.07) is 12.1.